The Balaban J connectivity index is 1.66. The first kappa shape index (κ1) is 9.51. The van der Waals surface area contributed by atoms with E-state index in [-0.39, 0.29) is 0 Å². The molecule has 0 saturated heterocycles. The molecule has 0 aromatic rings. The second kappa shape index (κ2) is 3.61. The zero-order chi connectivity index (χ0) is 9.42. The summed E-state index contributed by atoms with van der Waals surface area (Å²) in [4.78, 5) is 2.61. The minimum Gasteiger partial charge on any atom is -0.303 e. The van der Waals surface area contributed by atoms with E-state index < -0.39 is 0 Å². The summed E-state index contributed by atoms with van der Waals surface area (Å²) in [6, 6.07) is 0.924. The lowest BCUT2D eigenvalue weighted by molar-refractivity contribution is 0.0714. The van der Waals surface area contributed by atoms with Gasteiger partial charge in [0.2, 0.25) is 0 Å². The SMILES string of the molecule is CC(C)C1CC(N(C)CC2CC2)C1. The molecule has 0 heterocycles. The van der Waals surface area contributed by atoms with E-state index in [9.17, 15) is 0 Å². The third-order valence-electron chi connectivity index (χ3n) is 3.96. The minimum absolute atomic E-state index is 0.908. The molecule has 0 atom stereocenters. The first-order chi connectivity index (χ1) is 6.16. The summed E-state index contributed by atoms with van der Waals surface area (Å²) < 4.78 is 0. The van der Waals surface area contributed by atoms with Gasteiger partial charge in [0.1, 0.15) is 0 Å². The molecule has 0 bridgehead atoms. The molecular formula is C12H23N. The maximum absolute atomic E-state index is 2.61. The van der Waals surface area contributed by atoms with Crippen molar-refractivity contribution < 1.29 is 0 Å². The average Bonchev–Trinajstić information content (AvgIpc) is 2.66. The van der Waals surface area contributed by atoms with Crippen LogP contribution in [0.5, 0.6) is 0 Å². The zero-order valence-electron chi connectivity index (χ0n) is 9.29. The van der Waals surface area contributed by atoms with Gasteiger partial charge >= 0.3 is 0 Å². The standard InChI is InChI=1S/C12H23N/c1-9(2)11-6-12(7-11)13(3)8-10-4-5-10/h9-12H,4-8H2,1-3H3. The monoisotopic (exact) mass is 181 g/mol. The molecule has 1 heteroatoms. The Hall–Kier alpha value is -0.0400. The van der Waals surface area contributed by atoms with Crippen LogP contribution in [0.4, 0.5) is 0 Å². The van der Waals surface area contributed by atoms with Crippen LogP contribution in [0.1, 0.15) is 39.5 Å². The Morgan fingerprint density at radius 3 is 2.31 bits per heavy atom. The maximum Gasteiger partial charge on any atom is 0.00978 e. The highest BCUT2D eigenvalue weighted by molar-refractivity contribution is 4.89. The van der Waals surface area contributed by atoms with Crippen LogP contribution in [0.2, 0.25) is 0 Å². The highest BCUT2D eigenvalue weighted by Crippen LogP contribution is 2.38. The van der Waals surface area contributed by atoms with Gasteiger partial charge in [-0.1, -0.05) is 13.8 Å². The van der Waals surface area contributed by atoms with Gasteiger partial charge in [0.15, 0.2) is 0 Å². The summed E-state index contributed by atoms with van der Waals surface area (Å²) in [7, 11) is 2.32. The van der Waals surface area contributed by atoms with Crippen molar-refractivity contribution in [2.24, 2.45) is 17.8 Å². The Morgan fingerprint density at radius 2 is 1.85 bits per heavy atom. The molecule has 2 aliphatic carbocycles. The number of nitrogens with zero attached hydrogens (tertiary/aromatic N) is 1. The molecule has 0 amide bonds. The van der Waals surface area contributed by atoms with Crippen LogP contribution < -0.4 is 0 Å². The normalized spacial score (nSPS) is 33.9. The molecule has 1 nitrogen and oxygen atoms in total. The first-order valence-electron chi connectivity index (χ1n) is 5.87. The van der Waals surface area contributed by atoms with Crippen LogP contribution in [0.15, 0.2) is 0 Å². The smallest absolute Gasteiger partial charge is 0.00978 e. The molecule has 0 radical (unpaired) electrons. The largest absolute Gasteiger partial charge is 0.303 e. The molecular weight excluding hydrogens is 158 g/mol. The quantitative estimate of drug-likeness (QED) is 0.644. The molecule has 2 aliphatic rings. The van der Waals surface area contributed by atoms with Gasteiger partial charge in [-0.25, -0.2) is 0 Å². The van der Waals surface area contributed by atoms with Crippen LogP contribution in [-0.2, 0) is 0 Å². The third kappa shape index (κ3) is 2.25. The molecule has 0 N–H and O–H groups in total. The van der Waals surface area contributed by atoms with Crippen molar-refractivity contribution in [1.29, 1.82) is 0 Å². The van der Waals surface area contributed by atoms with Gasteiger partial charge in [-0.15, -0.1) is 0 Å². The molecule has 13 heavy (non-hydrogen) atoms. The van der Waals surface area contributed by atoms with E-state index in [0.717, 1.165) is 23.8 Å². The Labute approximate surface area is 82.5 Å². The fraction of sp³-hybridized carbons (Fsp3) is 1.00. The van der Waals surface area contributed by atoms with Gasteiger partial charge in [0.25, 0.3) is 0 Å². The lowest BCUT2D eigenvalue weighted by Crippen LogP contribution is -2.44. The van der Waals surface area contributed by atoms with Crippen molar-refractivity contribution in [1.82, 2.24) is 4.90 Å². The predicted octanol–water partition coefficient (Wildman–Crippen LogP) is 2.76. The molecule has 2 rings (SSSR count). The Kier molecular flexibility index (Phi) is 2.64. The molecule has 2 fully saturated rings. The van der Waals surface area contributed by atoms with E-state index in [2.05, 4.69) is 25.8 Å². The molecule has 0 aliphatic heterocycles. The maximum atomic E-state index is 2.61. The van der Waals surface area contributed by atoms with Crippen LogP contribution >= 0.6 is 0 Å². The Morgan fingerprint density at radius 1 is 1.23 bits per heavy atom. The zero-order valence-corrected chi connectivity index (χ0v) is 9.29. The Bertz CT molecular complexity index is 166. The van der Waals surface area contributed by atoms with Gasteiger partial charge in [-0.2, -0.15) is 0 Å². The van der Waals surface area contributed by atoms with Gasteiger partial charge in [0, 0.05) is 12.6 Å². The van der Waals surface area contributed by atoms with Crippen molar-refractivity contribution in [2.45, 2.75) is 45.6 Å². The molecule has 0 aromatic heterocycles. The van der Waals surface area contributed by atoms with E-state index in [4.69, 9.17) is 0 Å². The summed E-state index contributed by atoms with van der Waals surface area (Å²) in [6.07, 6.45) is 5.90. The van der Waals surface area contributed by atoms with Crippen molar-refractivity contribution in [3.8, 4) is 0 Å². The van der Waals surface area contributed by atoms with E-state index in [1.165, 1.54) is 32.2 Å². The fourth-order valence-electron chi connectivity index (χ4n) is 2.39. The summed E-state index contributed by atoms with van der Waals surface area (Å²) in [6.45, 7) is 6.10. The van der Waals surface area contributed by atoms with Crippen molar-refractivity contribution in [2.75, 3.05) is 13.6 Å². The predicted molar refractivity (Wildman–Crippen MR) is 56.7 cm³/mol. The summed E-state index contributed by atoms with van der Waals surface area (Å²) in [5, 5.41) is 0. The van der Waals surface area contributed by atoms with Crippen molar-refractivity contribution in [3.63, 3.8) is 0 Å². The van der Waals surface area contributed by atoms with Gasteiger partial charge in [0.05, 0.1) is 0 Å². The van der Waals surface area contributed by atoms with Crippen LogP contribution in [0.3, 0.4) is 0 Å². The molecule has 0 aromatic carbocycles. The third-order valence-corrected chi connectivity index (χ3v) is 3.96. The number of hydrogen-bond donors (Lipinski definition) is 0. The summed E-state index contributed by atoms with van der Waals surface area (Å²) >= 11 is 0. The van der Waals surface area contributed by atoms with Crippen molar-refractivity contribution in [3.05, 3.63) is 0 Å². The van der Waals surface area contributed by atoms with Crippen LogP contribution in [0.25, 0.3) is 0 Å². The highest BCUT2D eigenvalue weighted by Gasteiger charge is 2.35. The second-order valence-corrected chi connectivity index (χ2v) is 5.51. The van der Waals surface area contributed by atoms with E-state index >= 15 is 0 Å². The topological polar surface area (TPSA) is 3.24 Å². The van der Waals surface area contributed by atoms with Gasteiger partial charge in [-0.3, -0.25) is 0 Å². The average molecular weight is 181 g/mol. The fourth-order valence-corrected chi connectivity index (χ4v) is 2.39. The van der Waals surface area contributed by atoms with E-state index in [1.54, 1.807) is 0 Å². The van der Waals surface area contributed by atoms with E-state index in [0.29, 0.717) is 0 Å². The molecule has 2 saturated carbocycles. The summed E-state index contributed by atoms with van der Waals surface area (Å²) in [5.74, 6) is 2.99. The minimum atomic E-state index is 0.908. The van der Waals surface area contributed by atoms with Crippen LogP contribution in [-0.4, -0.2) is 24.5 Å². The molecule has 0 unspecified atom stereocenters. The number of rotatable bonds is 4. The number of hydrogen-bond acceptors (Lipinski definition) is 1. The lowest BCUT2D eigenvalue weighted by Gasteiger charge is -2.43. The molecule has 76 valence electrons. The lowest BCUT2D eigenvalue weighted by atomic mass is 9.73. The second-order valence-electron chi connectivity index (χ2n) is 5.51. The van der Waals surface area contributed by atoms with Crippen LogP contribution in [0, 0.1) is 17.8 Å². The van der Waals surface area contributed by atoms with Crippen molar-refractivity contribution >= 4 is 0 Å². The first-order valence-corrected chi connectivity index (χ1v) is 5.87. The molecule has 0 spiro atoms. The summed E-state index contributed by atoms with van der Waals surface area (Å²) in [5.41, 5.74) is 0. The van der Waals surface area contributed by atoms with Gasteiger partial charge < -0.3 is 4.90 Å². The van der Waals surface area contributed by atoms with Gasteiger partial charge in [-0.05, 0) is 50.5 Å². The van der Waals surface area contributed by atoms with E-state index in [1.807, 2.05) is 0 Å². The highest BCUT2D eigenvalue weighted by atomic mass is 15.1.